The number of hydrogen-bond acceptors (Lipinski definition) is 6. The number of rotatable bonds is 5. The summed E-state index contributed by atoms with van der Waals surface area (Å²) in [4.78, 5) is 26.9. The molecule has 0 spiro atoms. The van der Waals surface area contributed by atoms with Crippen molar-refractivity contribution in [2.75, 3.05) is 7.11 Å². The molecular formula is C18H22N4O2S. The monoisotopic (exact) mass is 358 g/mol. The van der Waals surface area contributed by atoms with E-state index in [1.807, 2.05) is 6.07 Å². The summed E-state index contributed by atoms with van der Waals surface area (Å²) in [5.74, 6) is 0.981. The number of thiazole rings is 1. The van der Waals surface area contributed by atoms with E-state index < -0.39 is 0 Å². The molecule has 2 aliphatic rings. The van der Waals surface area contributed by atoms with Crippen LogP contribution in [0.5, 0.6) is 0 Å². The van der Waals surface area contributed by atoms with Crippen molar-refractivity contribution < 1.29 is 9.53 Å². The van der Waals surface area contributed by atoms with Crippen LogP contribution in [-0.4, -0.2) is 40.1 Å². The summed E-state index contributed by atoms with van der Waals surface area (Å²) in [6.07, 6.45) is 8.24. The van der Waals surface area contributed by atoms with E-state index in [4.69, 9.17) is 4.74 Å². The lowest BCUT2D eigenvalue weighted by Gasteiger charge is -2.28. The lowest BCUT2D eigenvalue weighted by atomic mass is 9.93. The standard InChI is InChI=1S/C18H22N4O2S/c1-24-13-6-4-12(5-7-13)20-18(23)15-8-14(11-2-3-11)21-17(22-15)16-9-19-10-25-16/h8-13H,2-7H2,1H3,(H,20,23). The van der Waals surface area contributed by atoms with Crippen molar-refractivity contribution in [2.24, 2.45) is 0 Å². The van der Waals surface area contributed by atoms with E-state index in [1.165, 1.54) is 11.3 Å². The normalized spacial score (nSPS) is 23.4. The number of carbonyl (C=O) groups excluding carboxylic acids is 1. The molecule has 2 aromatic rings. The predicted molar refractivity (Wildman–Crippen MR) is 95.6 cm³/mol. The number of aromatic nitrogens is 3. The highest BCUT2D eigenvalue weighted by molar-refractivity contribution is 7.13. The molecule has 132 valence electrons. The lowest BCUT2D eigenvalue weighted by molar-refractivity contribution is 0.0598. The molecule has 0 bridgehead atoms. The summed E-state index contributed by atoms with van der Waals surface area (Å²) in [7, 11) is 1.75. The summed E-state index contributed by atoms with van der Waals surface area (Å²) < 4.78 is 5.40. The Labute approximate surface area is 151 Å². The molecule has 2 aromatic heterocycles. The van der Waals surface area contributed by atoms with Crippen molar-refractivity contribution in [3.8, 4) is 10.7 Å². The Hall–Kier alpha value is -1.86. The fraction of sp³-hybridized carbons (Fsp3) is 0.556. The molecule has 6 nitrogen and oxygen atoms in total. The van der Waals surface area contributed by atoms with Gasteiger partial charge in [0, 0.05) is 31.0 Å². The molecular weight excluding hydrogens is 336 g/mol. The van der Waals surface area contributed by atoms with Crippen LogP contribution in [0.3, 0.4) is 0 Å². The van der Waals surface area contributed by atoms with Gasteiger partial charge in [-0.25, -0.2) is 9.97 Å². The number of methoxy groups -OCH3 is 1. The molecule has 0 saturated heterocycles. The quantitative estimate of drug-likeness (QED) is 0.888. The van der Waals surface area contributed by atoms with Gasteiger partial charge in [0.2, 0.25) is 0 Å². The summed E-state index contributed by atoms with van der Waals surface area (Å²) in [5.41, 5.74) is 3.21. The molecule has 2 saturated carbocycles. The zero-order chi connectivity index (χ0) is 17.2. The van der Waals surface area contributed by atoms with Crippen molar-refractivity contribution in [1.29, 1.82) is 0 Å². The Morgan fingerprint density at radius 3 is 2.64 bits per heavy atom. The minimum absolute atomic E-state index is 0.101. The molecule has 2 heterocycles. The third-order valence-corrected chi connectivity index (χ3v) is 5.74. The van der Waals surface area contributed by atoms with Crippen molar-refractivity contribution in [1.82, 2.24) is 20.3 Å². The molecule has 25 heavy (non-hydrogen) atoms. The van der Waals surface area contributed by atoms with Crippen LogP contribution in [0.15, 0.2) is 17.8 Å². The Balaban J connectivity index is 1.51. The number of ether oxygens (including phenoxy) is 1. The first kappa shape index (κ1) is 16.6. The second-order valence-electron chi connectivity index (χ2n) is 6.82. The summed E-state index contributed by atoms with van der Waals surface area (Å²) >= 11 is 1.49. The molecule has 4 rings (SSSR count). The maximum absolute atomic E-state index is 12.7. The van der Waals surface area contributed by atoms with Crippen LogP contribution >= 0.6 is 11.3 Å². The number of carbonyl (C=O) groups is 1. The SMILES string of the molecule is COC1CCC(NC(=O)c2cc(C3CC3)nc(-c3cncs3)n2)CC1. The summed E-state index contributed by atoms with van der Waals surface area (Å²) in [6.45, 7) is 0. The van der Waals surface area contributed by atoms with Crippen LogP contribution in [0.1, 0.15) is 60.6 Å². The van der Waals surface area contributed by atoms with Crippen LogP contribution in [-0.2, 0) is 4.74 Å². The zero-order valence-corrected chi connectivity index (χ0v) is 15.1. The van der Waals surface area contributed by atoms with Gasteiger partial charge in [0.15, 0.2) is 5.82 Å². The van der Waals surface area contributed by atoms with E-state index in [0.717, 1.165) is 49.1 Å². The van der Waals surface area contributed by atoms with Gasteiger partial charge in [-0.15, -0.1) is 11.3 Å². The van der Waals surface area contributed by atoms with E-state index in [0.29, 0.717) is 23.5 Å². The average molecular weight is 358 g/mol. The predicted octanol–water partition coefficient (Wildman–Crippen LogP) is 3.16. The fourth-order valence-electron chi connectivity index (χ4n) is 3.31. The van der Waals surface area contributed by atoms with E-state index in [9.17, 15) is 4.79 Å². The zero-order valence-electron chi connectivity index (χ0n) is 14.3. The molecule has 2 aliphatic carbocycles. The smallest absolute Gasteiger partial charge is 0.270 e. The molecule has 7 heteroatoms. The van der Waals surface area contributed by atoms with Gasteiger partial charge in [-0.3, -0.25) is 9.78 Å². The van der Waals surface area contributed by atoms with Gasteiger partial charge in [0.05, 0.1) is 16.5 Å². The van der Waals surface area contributed by atoms with Crippen LogP contribution in [0.25, 0.3) is 10.7 Å². The highest BCUT2D eigenvalue weighted by atomic mass is 32.1. The Bertz CT molecular complexity index is 738. The molecule has 0 radical (unpaired) electrons. The largest absolute Gasteiger partial charge is 0.381 e. The van der Waals surface area contributed by atoms with Gasteiger partial charge in [0.25, 0.3) is 5.91 Å². The number of amides is 1. The number of nitrogens with zero attached hydrogens (tertiary/aromatic N) is 3. The van der Waals surface area contributed by atoms with Gasteiger partial charge in [-0.05, 0) is 44.6 Å². The molecule has 0 aromatic carbocycles. The second-order valence-corrected chi connectivity index (χ2v) is 7.71. The van der Waals surface area contributed by atoms with Crippen molar-refractivity contribution in [2.45, 2.75) is 56.6 Å². The molecule has 0 unspecified atom stereocenters. The van der Waals surface area contributed by atoms with E-state index in [1.54, 1.807) is 18.8 Å². The Morgan fingerprint density at radius 2 is 2.00 bits per heavy atom. The van der Waals surface area contributed by atoms with Crippen LogP contribution in [0, 0.1) is 0 Å². The first-order valence-electron chi connectivity index (χ1n) is 8.84. The third-order valence-electron chi connectivity index (χ3n) is 4.97. The molecule has 1 N–H and O–H groups in total. The maximum Gasteiger partial charge on any atom is 0.270 e. The number of nitrogens with one attached hydrogen (secondary N) is 1. The van der Waals surface area contributed by atoms with Gasteiger partial charge in [-0.2, -0.15) is 0 Å². The van der Waals surface area contributed by atoms with Crippen molar-refractivity contribution in [3.05, 3.63) is 29.2 Å². The van der Waals surface area contributed by atoms with E-state index in [2.05, 4.69) is 20.3 Å². The molecule has 1 amide bonds. The van der Waals surface area contributed by atoms with Gasteiger partial charge < -0.3 is 10.1 Å². The van der Waals surface area contributed by atoms with Crippen LogP contribution in [0.4, 0.5) is 0 Å². The minimum atomic E-state index is -0.101. The first-order valence-corrected chi connectivity index (χ1v) is 9.72. The fourth-order valence-corrected chi connectivity index (χ4v) is 3.86. The van der Waals surface area contributed by atoms with Gasteiger partial charge >= 0.3 is 0 Å². The second kappa shape index (κ2) is 7.17. The summed E-state index contributed by atoms with van der Waals surface area (Å²) in [6, 6.07) is 2.06. The summed E-state index contributed by atoms with van der Waals surface area (Å²) in [5, 5.41) is 3.14. The highest BCUT2D eigenvalue weighted by Crippen LogP contribution is 2.39. The first-order chi connectivity index (χ1) is 12.2. The van der Waals surface area contributed by atoms with Crippen LogP contribution < -0.4 is 5.32 Å². The van der Waals surface area contributed by atoms with Gasteiger partial charge in [0.1, 0.15) is 5.69 Å². The third kappa shape index (κ3) is 3.88. The molecule has 0 aliphatic heterocycles. The lowest BCUT2D eigenvalue weighted by Crippen LogP contribution is -2.39. The molecule has 2 fully saturated rings. The number of hydrogen-bond donors (Lipinski definition) is 1. The van der Waals surface area contributed by atoms with E-state index >= 15 is 0 Å². The van der Waals surface area contributed by atoms with Crippen molar-refractivity contribution >= 4 is 17.2 Å². The Kier molecular flexibility index (Phi) is 4.76. The molecule has 0 atom stereocenters. The minimum Gasteiger partial charge on any atom is -0.381 e. The van der Waals surface area contributed by atoms with Gasteiger partial charge in [-0.1, -0.05) is 0 Å². The Morgan fingerprint density at radius 1 is 1.20 bits per heavy atom. The van der Waals surface area contributed by atoms with Crippen molar-refractivity contribution in [3.63, 3.8) is 0 Å². The van der Waals surface area contributed by atoms with E-state index in [-0.39, 0.29) is 11.9 Å². The maximum atomic E-state index is 12.7. The topological polar surface area (TPSA) is 77.0 Å². The van der Waals surface area contributed by atoms with Crippen LogP contribution in [0.2, 0.25) is 0 Å². The highest BCUT2D eigenvalue weighted by Gasteiger charge is 2.28. The average Bonchev–Trinajstić information content (AvgIpc) is 3.36.